The molecular weight excluding hydrogens is 314 g/mol. The average Bonchev–Trinajstić information content (AvgIpc) is 3.08. The van der Waals surface area contributed by atoms with E-state index in [0.717, 1.165) is 43.0 Å². The largest absolute Gasteiger partial charge is 0.454 e. The lowest BCUT2D eigenvalue weighted by Gasteiger charge is -2.25. The van der Waals surface area contributed by atoms with Crippen molar-refractivity contribution in [1.29, 1.82) is 0 Å². The molecule has 0 aliphatic carbocycles. The third kappa shape index (κ3) is 5.08. The van der Waals surface area contributed by atoms with Crippen molar-refractivity contribution < 1.29 is 14.6 Å². The molecule has 132 valence electrons. The Morgan fingerprint density at radius 3 is 2.60 bits per heavy atom. The summed E-state index contributed by atoms with van der Waals surface area (Å²) in [7, 11) is 0. The molecule has 0 unspecified atom stereocenters. The summed E-state index contributed by atoms with van der Waals surface area (Å²) in [5, 5.41) is 10.3. The summed E-state index contributed by atoms with van der Waals surface area (Å²) in [6, 6.07) is 16.4. The average molecular weight is 339 g/mol. The van der Waals surface area contributed by atoms with E-state index >= 15 is 0 Å². The molecule has 2 aromatic carbocycles. The van der Waals surface area contributed by atoms with Crippen molar-refractivity contribution in [2.45, 2.75) is 32.0 Å². The number of benzene rings is 2. The Kier molecular flexibility index (Phi) is 6.09. The molecule has 2 aromatic rings. The van der Waals surface area contributed by atoms with E-state index in [9.17, 15) is 5.11 Å². The molecule has 0 spiro atoms. The van der Waals surface area contributed by atoms with E-state index < -0.39 is 0 Å². The molecule has 0 amide bonds. The van der Waals surface area contributed by atoms with E-state index in [0.29, 0.717) is 6.54 Å². The second-order valence-electron chi connectivity index (χ2n) is 6.36. The van der Waals surface area contributed by atoms with Crippen LogP contribution in [-0.4, -0.2) is 29.4 Å². The van der Waals surface area contributed by atoms with Crippen molar-refractivity contribution in [3.8, 4) is 11.5 Å². The fraction of sp³-hybridized carbons (Fsp3) is 0.333. The first-order valence-corrected chi connectivity index (χ1v) is 8.68. The highest BCUT2D eigenvalue weighted by atomic mass is 16.7. The third-order valence-electron chi connectivity index (χ3n) is 4.27. The topological polar surface area (TPSA) is 41.9 Å². The number of rotatable bonds is 9. The Labute approximate surface area is 149 Å². The van der Waals surface area contributed by atoms with Crippen LogP contribution in [-0.2, 0) is 13.1 Å². The zero-order chi connectivity index (χ0) is 17.5. The SMILES string of the molecule is C=CCC[C@H](O)CN(Cc1ccccc1)Cc1ccc2c(c1)OCO2. The third-order valence-corrected chi connectivity index (χ3v) is 4.27. The second-order valence-corrected chi connectivity index (χ2v) is 6.36. The van der Waals surface area contributed by atoms with Crippen LogP contribution >= 0.6 is 0 Å². The molecule has 4 heteroatoms. The minimum Gasteiger partial charge on any atom is -0.454 e. The monoisotopic (exact) mass is 339 g/mol. The molecule has 1 heterocycles. The molecule has 0 radical (unpaired) electrons. The number of nitrogens with zero attached hydrogens (tertiary/aromatic N) is 1. The van der Waals surface area contributed by atoms with E-state index in [1.54, 1.807) is 0 Å². The zero-order valence-corrected chi connectivity index (χ0v) is 14.4. The number of ether oxygens (including phenoxy) is 2. The van der Waals surface area contributed by atoms with E-state index in [1.165, 1.54) is 5.56 Å². The quantitative estimate of drug-likeness (QED) is 0.707. The van der Waals surface area contributed by atoms with Crippen LogP contribution in [0.3, 0.4) is 0 Å². The van der Waals surface area contributed by atoms with Gasteiger partial charge in [0.05, 0.1) is 6.10 Å². The van der Waals surface area contributed by atoms with Gasteiger partial charge in [0.15, 0.2) is 11.5 Å². The van der Waals surface area contributed by atoms with Gasteiger partial charge in [-0.3, -0.25) is 4.90 Å². The molecule has 0 fully saturated rings. The first-order chi connectivity index (χ1) is 12.2. The summed E-state index contributed by atoms with van der Waals surface area (Å²) in [5.74, 6) is 1.59. The van der Waals surface area contributed by atoms with Crippen molar-refractivity contribution in [1.82, 2.24) is 4.90 Å². The van der Waals surface area contributed by atoms with Gasteiger partial charge in [-0.2, -0.15) is 0 Å². The number of fused-ring (bicyclic) bond motifs is 1. The highest BCUT2D eigenvalue weighted by Gasteiger charge is 2.16. The maximum atomic E-state index is 10.3. The van der Waals surface area contributed by atoms with E-state index in [-0.39, 0.29) is 12.9 Å². The highest BCUT2D eigenvalue weighted by Crippen LogP contribution is 2.33. The van der Waals surface area contributed by atoms with Crippen LogP contribution in [0.2, 0.25) is 0 Å². The summed E-state index contributed by atoms with van der Waals surface area (Å²) >= 11 is 0. The smallest absolute Gasteiger partial charge is 0.231 e. The van der Waals surface area contributed by atoms with Gasteiger partial charge in [0.2, 0.25) is 6.79 Å². The van der Waals surface area contributed by atoms with Crippen LogP contribution in [0.25, 0.3) is 0 Å². The molecule has 1 atom stereocenters. The standard InChI is InChI=1S/C21H25NO3/c1-2-3-9-19(23)15-22(13-17-7-5-4-6-8-17)14-18-10-11-20-21(12-18)25-16-24-20/h2,4-8,10-12,19,23H,1,3,9,13-16H2/t19-/m0/s1. The van der Waals surface area contributed by atoms with Gasteiger partial charge in [-0.25, -0.2) is 0 Å². The summed E-state index contributed by atoms with van der Waals surface area (Å²) in [4.78, 5) is 2.26. The summed E-state index contributed by atoms with van der Waals surface area (Å²) < 4.78 is 10.8. The molecule has 0 saturated carbocycles. The van der Waals surface area contributed by atoms with Crippen molar-refractivity contribution in [3.05, 3.63) is 72.3 Å². The molecule has 0 bridgehead atoms. The normalized spacial score (nSPS) is 13.8. The molecule has 0 saturated heterocycles. The van der Waals surface area contributed by atoms with Crippen LogP contribution in [0.15, 0.2) is 61.2 Å². The van der Waals surface area contributed by atoms with Gasteiger partial charge in [-0.15, -0.1) is 6.58 Å². The molecule has 0 aromatic heterocycles. The number of allylic oxidation sites excluding steroid dienone is 1. The Bertz CT molecular complexity index is 687. The highest BCUT2D eigenvalue weighted by molar-refractivity contribution is 5.44. The van der Waals surface area contributed by atoms with Gasteiger partial charge >= 0.3 is 0 Å². The maximum Gasteiger partial charge on any atom is 0.231 e. The molecule has 4 nitrogen and oxygen atoms in total. The Balaban J connectivity index is 1.69. The Hall–Kier alpha value is -2.30. The van der Waals surface area contributed by atoms with E-state index in [2.05, 4.69) is 29.7 Å². The number of aliphatic hydroxyl groups is 1. The van der Waals surface area contributed by atoms with Crippen molar-refractivity contribution in [2.24, 2.45) is 0 Å². The lowest BCUT2D eigenvalue weighted by atomic mass is 10.1. The van der Waals surface area contributed by atoms with Crippen LogP contribution in [0.1, 0.15) is 24.0 Å². The van der Waals surface area contributed by atoms with Gasteiger partial charge in [0, 0.05) is 19.6 Å². The van der Waals surface area contributed by atoms with Crippen molar-refractivity contribution >= 4 is 0 Å². The predicted octanol–water partition coefficient (Wildman–Crippen LogP) is 3.74. The minimum atomic E-state index is -0.365. The van der Waals surface area contributed by atoms with Gasteiger partial charge < -0.3 is 14.6 Å². The molecule has 25 heavy (non-hydrogen) atoms. The van der Waals surface area contributed by atoms with Crippen molar-refractivity contribution in [2.75, 3.05) is 13.3 Å². The number of hydrogen-bond acceptors (Lipinski definition) is 4. The first-order valence-electron chi connectivity index (χ1n) is 8.68. The number of hydrogen-bond donors (Lipinski definition) is 1. The van der Waals surface area contributed by atoms with Gasteiger partial charge in [0.1, 0.15) is 0 Å². The van der Waals surface area contributed by atoms with Crippen LogP contribution in [0.4, 0.5) is 0 Å². The molecule has 1 aliphatic rings. The fourth-order valence-corrected chi connectivity index (χ4v) is 3.02. The Morgan fingerprint density at radius 1 is 1.04 bits per heavy atom. The zero-order valence-electron chi connectivity index (χ0n) is 14.4. The van der Waals surface area contributed by atoms with Crippen LogP contribution in [0, 0.1) is 0 Å². The van der Waals surface area contributed by atoms with Crippen LogP contribution in [0.5, 0.6) is 11.5 Å². The molecule has 1 N–H and O–H groups in total. The van der Waals surface area contributed by atoms with Crippen LogP contribution < -0.4 is 9.47 Å². The summed E-state index contributed by atoms with van der Waals surface area (Å²) in [5.41, 5.74) is 2.38. The summed E-state index contributed by atoms with van der Waals surface area (Å²) in [6.07, 6.45) is 3.04. The second kappa shape index (κ2) is 8.70. The summed E-state index contributed by atoms with van der Waals surface area (Å²) in [6.45, 7) is 6.18. The van der Waals surface area contributed by atoms with E-state index in [1.807, 2.05) is 36.4 Å². The lowest BCUT2D eigenvalue weighted by Crippen LogP contribution is -2.31. The van der Waals surface area contributed by atoms with Gasteiger partial charge in [0.25, 0.3) is 0 Å². The Morgan fingerprint density at radius 2 is 1.80 bits per heavy atom. The maximum absolute atomic E-state index is 10.3. The number of aliphatic hydroxyl groups excluding tert-OH is 1. The van der Waals surface area contributed by atoms with E-state index in [4.69, 9.17) is 9.47 Å². The molecule has 1 aliphatic heterocycles. The first kappa shape index (κ1) is 17.5. The lowest BCUT2D eigenvalue weighted by molar-refractivity contribution is 0.0984. The molecular formula is C21H25NO3. The fourth-order valence-electron chi connectivity index (χ4n) is 3.02. The minimum absolute atomic E-state index is 0.285. The molecule has 3 rings (SSSR count). The van der Waals surface area contributed by atoms with Gasteiger partial charge in [-0.05, 0) is 36.1 Å². The predicted molar refractivity (Wildman–Crippen MR) is 98.6 cm³/mol. The van der Waals surface area contributed by atoms with Gasteiger partial charge in [-0.1, -0.05) is 42.5 Å². The van der Waals surface area contributed by atoms with Crippen molar-refractivity contribution in [3.63, 3.8) is 0 Å².